The van der Waals surface area contributed by atoms with Crippen molar-refractivity contribution >= 4 is 10.0 Å². The molecule has 0 amide bonds. The average Bonchev–Trinajstić information content (AvgIpc) is 2.38. The molecule has 3 N–H and O–H groups in total. The second-order valence-electron chi connectivity index (χ2n) is 4.28. The third-order valence-electron chi connectivity index (χ3n) is 2.59. The van der Waals surface area contributed by atoms with Gasteiger partial charge in [0.05, 0.1) is 18.0 Å². The fraction of sp³-hybridized carbons (Fsp3) is 0.500. The van der Waals surface area contributed by atoms with Gasteiger partial charge in [-0.15, -0.1) is 0 Å². The molecule has 0 saturated heterocycles. The first-order valence-electron chi connectivity index (χ1n) is 5.97. The van der Waals surface area contributed by atoms with Crippen LogP contribution in [-0.2, 0) is 16.4 Å². The van der Waals surface area contributed by atoms with Gasteiger partial charge in [0.1, 0.15) is 0 Å². The van der Waals surface area contributed by atoms with Crippen molar-refractivity contribution in [2.45, 2.75) is 30.6 Å². The zero-order chi connectivity index (χ0) is 14.5. The van der Waals surface area contributed by atoms with Crippen LogP contribution in [0.3, 0.4) is 0 Å². The Morgan fingerprint density at radius 3 is 2.32 bits per heavy atom. The Morgan fingerprint density at radius 2 is 1.84 bits per heavy atom. The van der Waals surface area contributed by atoms with Crippen molar-refractivity contribution < 1.29 is 17.2 Å². The zero-order valence-electron chi connectivity index (χ0n) is 10.7. The fourth-order valence-corrected chi connectivity index (χ4v) is 2.54. The smallest absolute Gasteiger partial charge is 0.273 e. The molecule has 19 heavy (non-hydrogen) atoms. The molecule has 108 valence electrons. The van der Waals surface area contributed by atoms with Crippen molar-refractivity contribution in [1.82, 2.24) is 4.72 Å². The van der Waals surface area contributed by atoms with Gasteiger partial charge >= 0.3 is 0 Å². The van der Waals surface area contributed by atoms with E-state index in [1.165, 1.54) is 12.1 Å². The zero-order valence-corrected chi connectivity index (χ0v) is 11.5. The first-order valence-corrected chi connectivity index (χ1v) is 7.45. The maximum atomic E-state index is 12.9. The molecular weight excluding hydrogens is 274 g/mol. The van der Waals surface area contributed by atoms with Crippen LogP contribution >= 0.6 is 0 Å². The molecule has 0 spiro atoms. The molecule has 0 atom stereocenters. The van der Waals surface area contributed by atoms with E-state index in [1.54, 1.807) is 12.1 Å². The van der Waals surface area contributed by atoms with E-state index in [2.05, 4.69) is 0 Å². The monoisotopic (exact) mass is 292 g/mol. The Morgan fingerprint density at radius 1 is 1.26 bits per heavy atom. The number of nitrogens with two attached hydrogens (primary N) is 1. The van der Waals surface area contributed by atoms with E-state index >= 15 is 0 Å². The van der Waals surface area contributed by atoms with Gasteiger partial charge in [0.15, 0.2) is 0 Å². The van der Waals surface area contributed by atoms with Crippen LogP contribution in [0.2, 0.25) is 0 Å². The molecular formula is C12H18F2N2O2S. The first kappa shape index (κ1) is 16.0. The fourth-order valence-electron chi connectivity index (χ4n) is 1.48. The summed E-state index contributed by atoms with van der Waals surface area (Å²) in [5.74, 6) is -3.24. The number of halogens is 2. The van der Waals surface area contributed by atoms with Crippen LogP contribution in [0.15, 0.2) is 29.2 Å². The lowest BCUT2D eigenvalue weighted by atomic mass is 10.1. The highest BCUT2D eigenvalue weighted by molar-refractivity contribution is 7.89. The Balaban J connectivity index is 2.77. The molecule has 0 aliphatic rings. The minimum absolute atomic E-state index is 0.0276. The van der Waals surface area contributed by atoms with Crippen molar-refractivity contribution in [3.63, 3.8) is 0 Å². The molecule has 0 heterocycles. The Labute approximate surface area is 112 Å². The van der Waals surface area contributed by atoms with E-state index in [0.29, 0.717) is 0 Å². The highest BCUT2D eigenvalue weighted by atomic mass is 32.2. The van der Waals surface area contributed by atoms with Gasteiger partial charge in [0.25, 0.3) is 5.92 Å². The van der Waals surface area contributed by atoms with Crippen LogP contribution in [0.25, 0.3) is 0 Å². The van der Waals surface area contributed by atoms with E-state index in [4.69, 9.17) is 5.73 Å². The number of benzene rings is 1. The van der Waals surface area contributed by atoms with Gasteiger partial charge in [-0.1, -0.05) is 25.5 Å². The number of nitrogens with one attached hydrogen (secondary N) is 1. The molecule has 1 aromatic carbocycles. The second-order valence-corrected chi connectivity index (χ2v) is 6.05. The minimum atomic E-state index is -3.92. The molecule has 0 aliphatic carbocycles. The number of hydrogen-bond donors (Lipinski definition) is 2. The maximum absolute atomic E-state index is 12.9. The molecule has 7 heteroatoms. The van der Waals surface area contributed by atoms with Crippen molar-refractivity contribution in [3.8, 4) is 0 Å². The molecule has 0 bridgehead atoms. The molecule has 1 aromatic rings. The molecule has 4 nitrogen and oxygen atoms in total. The summed E-state index contributed by atoms with van der Waals surface area (Å²) >= 11 is 0. The molecule has 0 radical (unpaired) electrons. The summed E-state index contributed by atoms with van der Waals surface area (Å²) in [6.45, 7) is 0.120. The normalized spacial score (nSPS) is 12.6. The van der Waals surface area contributed by atoms with E-state index in [-0.39, 0.29) is 4.90 Å². The summed E-state index contributed by atoms with van der Waals surface area (Å²) in [6.07, 6.45) is 1.80. The molecule has 0 saturated carbocycles. The summed E-state index contributed by atoms with van der Waals surface area (Å²) in [5, 5.41) is 0. The van der Waals surface area contributed by atoms with Gasteiger partial charge in [-0.3, -0.25) is 0 Å². The van der Waals surface area contributed by atoms with Gasteiger partial charge in [-0.25, -0.2) is 21.9 Å². The van der Waals surface area contributed by atoms with Crippen LogP contribution < -0.4 is 10.5 Å². The largest absolute Gasteiger partial charge is 0.325 e. The van der Waals surface area contributed by atoms with Gasteiger partial charge < -0.3 is 5.73 Å². The van der Waals surface area contributed by atoms with Crippen LogP contribution in [0.1, 0.15) is 18.9 Å². The molecule has 0 aliphatic heterocycles. The molecule has 1 rings (SSSR count). The third-order valence-corrected chi connectivity index (χ3v) is 4.01. The molecule has 0 fully saturated rings. The van der Waals surface area contributed by atoms with Gasteiger partial charge in [0.2, 0.25) is 10.0 Å². The summed E-state index contributed by atoms with van der Waals surface area (Å²) in [6, 6.07) is 6.18. The number of hydrogen-bond acceptors (Lipinski definition) is 3. The van der Waals surface area contributed by atoms with Crippen LogP contribution in [0.5, 0.6) is 0 Å². The number of aryl methyl sites for hydroxylation is 1. The summed E-state index contributed by atoms with van der Waals surface area (Å²) in [5.41, 5.74) is 5.85. The van der Waals surface area contributed by atoms with E-state index in [9.17, 15) is 17.2 Å². The third kappa shape index (κ3) is 4.85. The quantitative estimate of drug-likeness (QED) is 0.800. The molecule has 0 unspecified atom stereocenters. The SMILES string of the molecule is CCCc1ccc(S(=O)(=O)NCC(F)(F)CN)cc1. The standard InChI is InChI=1S/C12H18F2N2O2S/c1-2-3-10-4-6-11(7-5-10)19(17,18)16-9-12(13,14)8-15/h4-7,16H,2-3,8-9,15H2,1H3. The minimum Gasteiger partial charge on any atom is -0.325 e. The lowest BCUT2D eigenvalue weighted by molar-refractivity contribution is 0.0170. The lowest BCUT2D eigenvalue weighted by Gasteiger charge is -2.14. The molecule has 0 aromatic heterocycles. The maximum Gasteiger partial charge on any atom is 0.273 e. The Hall–Kier alpha value is -1.05. The van der Waals surface area contributed by atoms with Gasteiger partial charge in [-0.05, 0) is 24.1 Å². The highest BCUT2D eigenvalue weighted by Crippen LogP contribution is 2.14. The van der Waals surface area contributed by atoms with Crippen LogP contribution in [0, 0.1) is 0 Å². The van der Waals surface area contributed by atoms with Gasteiger partial charge in [0, 0.05) is 0 Å². The van der Waals surface area contributed by atoms with Crippen molar-refractivity contribution in [1.29, 1.82) is 0 Å². The van der Waals surface area contributed by atoms with E-state index < -0.39 is 29.0 Å². The number of sulfonamides is 1. The predicted molar refractivity (Wildman–Crippen MR) is 69.6 cm³/mol. The predicted octanol–water partition coefficient (Wildman–Crippen LogP) is 1.51. The van der Waals surface area contributed by atoms with Gasteiger partial charge in [-0.2, -0.15) is 0 Å². The van der Waals surface area contributed by atoms with Crippen molar-refractivity contribution in [2.75, 3.05) is 13.1 Å². The highest BCUT2D eigenvalue weighted by Gasteiger charge is 2.29. The summed E-state index contributed by atoms with van der Waals surface area (Å²) < 4.78 is 51.2. The second kappa shape index (κ2) is 6.40. The number of rotatable bonds is 7. The van der Waals surface area contributed by atoms with Crippen molar-refractivity contribution in [2.24, 2.45) is 5.73 Å². The topological polar surface area (TPSA) is 72.2 Å². The Bertz CT molecular complexity index is 501. The number of alkyl halides is 2. The Kier molecular flexibility index (Phi) is 5.39. The summed E-state index contributed by atoms with van der Waals surface area (Å²) in [4.78, 5) is -0.0276. The first-order chi connectivity index (χ1) is 8.80. The van der Waals surface area contributed by atoms with Crippen molar-refractivity contribution in [3.05, 3.63) is 29.8 Å². The average molecular weight is 292 g/mol. The summed E-state index contributed by atoms with van der Waals surface area (Å²) in [7, 11) is -3.92. The van der Waals surface area contributed by atoms with E-state index in [1.807, 2.05) is 11.6 Å². The van der Waals surface area contributed by atoms with Crippen LogP contribution in [0.4, 0.5) is 8.78 Å². The lowest BCUT2D eigenvalue weighted by Crippen LogP contribution is -2.41. The van der Waals surface area contributed by atoms with Crippen LogP contribution in [-0.4, -0.2) is 27.4 Å². The van der Waals surface area contributed by atoms with E-state index in [0.717, 1.165) is 18.4 Å².